The molecule has 0 bridgehead atoms. The summed E-state index contributed by atoms with van der Waals surface area (Å²) in [6, 6.07) is 5.27. The Labute approximate surface area is 120 Å². The normalized spacial score (nSPS) is 13.4. The van der Waals surface area contributed by atoms with E-state index in [2.05, 4.69) is 5.32 Å². The van der Waals surface area contributed by atoms with Gasteiger partial charge in [0.05, 0.1) is 19.3 Å². The van der Waals surface area contributed by atoms with Gasteiger partial charge in [0.2, 0.25) is 5.91 Å². The largest absolute Gasteiger partial charge is 0.493 e. The van der Waals surface area contributed by atoms with Gasteiger partial charge in [0.25, 0.3) is 0 Å². The van der Waals surface area contributed by atoms with Crippen LogP contribution in [0.2, 0.25) is 0 Å². The van der Waals surface area contributed by atoms with Crippen molar-refractivity contribution in [3.8, 4) is 11.5 Å². The molecule has 0 aliphatic carbocycles. The van der Waals surface area contributed by atoms with Crippen LogP contribution in [0.4, 0.5) is 5.69 Å². The molecular formula is C15H24N2O3. The molecular weight excluding hydrogens is 256 g/mol. The highest BCUT2D eigenvalue weighted by atomic mass is 16.5. The summed E-state index contributed by atoms with van der Waals surface area (Å²) in [4.78, 5) is 12.1. The van der Waals surface area contributed by atoms with Crippen molar-refractivity contribution >= 4 is 11.6 Å². The molecule has 1 aromatic carbocycles. The smallest absolute Gasteiger partial charge is 0.244 e. The van der Waals surface area contributed by atoms with Crippen molar-refractivity contribution in [2.45, 2.75) is 39.2 Å². The number of hydrogen-bond acceptors (Lipinski definition) is 4. The lowest BCUT2D eigenvalue weighted by Gasteiger charge is -2.23. The Bertz CT molecular complexity index is 458. The predicted octanol–water partition coefficient (Wildman–Crippen LogP) is 2.55. The highest BCUT2D eigenvalue weighted by Gasteiger charge is 2.27. The number of carbonyl (C=O) groups is 1. The molecule has 1 atom stereocenters. The first kappa shape index (κ1) is 16.3. The van der Waals surface area contributed by atoms with E-state index in [0.717, 1.165) is 6.42 Å². The maximum absolute atomic E-state index is 12.1. The first-order chi connectivity index (χ1) is 9.44. The summed E-state index contributed by atoms with van der Waals surface area (Å²) in [5.41, 5.74) is 5.77. The Kier molecular flexibility index (Phi) is 5.82. The summed E-state index contributed by atoms with van der Waals surface area (Å²) < 4.78 is 10.7. The molecule has 0 spiro atoms. The molecule has 0 radical (unpaired) electrons. The van der Waals surface area contributed by atoms with E-state index in [1.54, 1.807) is 32.2 Å². The molecule has 20 heavy (non-hydrogen) atoms. The lowest BCUT2D eigenvalue weighted by Crippen LogP contribution is -2.48. The van der Waals surface area contributed by atoms with Gasteiger partial charge in [-0.25, -0.2) is 0 Å². The number of nitrogens with one attached hydrogen (secondary N) is 1. The summed E-state index contributed by atoms with van der Waals surface area (Å²) in [6.07, 6.45) is 1.49. The van der Waals surface area contributed by atoms with Gasteiger partial charge in [0.15, 0.2) is 11.5 Å². The van der Waals surface area contributed by atoms with E-state index < -0.39 is 5.54 Å². The number of anilines is 1. The molecule has 1 unspecified atom stereocenters. The zero-order valence-electron chi connectivity index (χ0n) is 12.7. The van der Waals surface area contributed by atoms with Gasteiger partial charge in [-0.2, -0.15) is 0 Å². The number of carbonyl (C=O) groups excluding carboxylic acids is 1. The number of rotatable bonds is 7. The van der Waals surface area contributed by atoms with Gasteiger partial charge >= 0.3 is 0 Å². The molecule has 0 aliphatic rings. The van der Waals surface area contributed by atoms with E-state index >= 15 is 0 Å². The fourth-order valence-electron chi connectivity index (χ4n) is 1.93. The van der Waals surface area contributed by atoms with Gasteiger partial charge in [0.1, 0.15) is 0 Å². The van der Waals surface area contributed by atoms with Crippen LogP contribution < -0.4 is 20.5 Å². The molecule has 1 aromatic rings. The number of amides is 1. The van der Waals surface area contributed by atoms with Gasteiger partial charge in [-0.3, -0.25) is 4.79 Å². The van der Waals surface area contributed by atoms with Gasteiger partial charge in [-0.1, -0.05) is 13.3 Å². The molecule has 1 rings (SSSR count). The van der Waals surface area contributed by atoms with Crippen LogP contribution in [-0.4, -0.2) is 25.2 Å². The zero-order chi connectivity index (χ0) is 15.2. The number of benzene rings is 1. The Morgan fingerprint density at radius 3 is 2.60 bits per heavy atom. The molecule has 0 saturated carbocycles. The van der Waals surface area contributed by atoms with Crippen molar-refractivity contribution in [2.75, 3.05) is 19.0 Å². The van der Waals surface area contributed by atoms with Gasteiger partial charge < -0.3 is 20.5 Å². The van der Waals surface area contributed by atoms with Crippen molar-refractivity contribution in [3.05, 3.63) is 18.2 Å². The van der Waals surface area contributed by atoms with Crippen LogP contribution in [0.15, 0.2) is 18.2 Å². The second-order valence-corrected chi connectivity index (χ2v) is 4.92. The van der Waals surface area contributed by atoms with E-state index in [1.165, 1.54) is 0 Å². The van der Waals surface area contributed by atoms with Crippen LogP contribution in [-0.2, 0) is 4.79 Å². The van der Waals surface area contributed by atoms with Crippen molar-refractivity contribution in [3.63, 3.8) is 0 Å². The highest BCUT2D eigenvalue weighted by molar-refractivity contribution is 5.97. The number of ether oxygens (including phenoxy) is 2. The standard InChI is InChI=1S/C15H24N2O3/c1-5-9-15(3,16)14(18)17-11-7-8-12(20-6-2)13(10-11)19-4/h7-8,10H,5-6,9,16H2,1-4H3,(H,17,18). The van der Waals surface area contributed by atoms with E-state index in [9.17, 15) is 4.79 Å². The van der Waals surface area contributed by atoms with Crippen LogP contribution in [0, 0.1) is 0 Å². The van der Waals surface area contributed by atoms with Crippen molar-refractivity contribution < 1.29 is 14.3 Å². The topological polar surface area (TPSA) is 73.6 Å². The first-order valence-corrected chi connectivity index (χ1v) is 6.85. The maximum Gasteiger partial charge on any atom is 0.244 e. The Morgan fingerprint density at radius 2 is 2.05 bits per heavy atom. The van der Waals surface area contributed by atoms with Crippen LogP contribution in [0.5, 0.6) is 11.5 Å². The van der Waals surface area contributed by atoms with Crippen molar-refractivity contribution in [2.24, 2.45) is 5.73 Å². The van der Waals surface area contributed by atoms with E-state index in [-0.39, 0.29) is 5.91 Å². The first-order valence-electron chi connectivity index (χ1n) is 6.85. The van der Waals surface area contributed by atoms with E-state index in [0.29, 0.717) is 30.2 Å². The Hall–Kier alpha value is -1.75. The summed E-state index contributed by atoms with van der Waals surface area (Å²) in [5, 5.41) is 2.81. The lowest BCUT2D eigenvalue weighted by molar-refractivity contribution is -0.120. The lowest BCUT2D eigenvalue weighted by atomic mass is 9.96. The molecule has 112 valence electrons. The quantitative estimate of drug-likeness (QED) is 0.805. The van der Waals surface area contributed by atoms with Crippen LogP contribution in [0.25, 0.3) is 0 Å². The third-order valence-electron chi connectivity index (χ3n) is 3.01. The molecule has 0 fully saturated rings. The zero-order valence-corrected chi connectivity index (χ0v) is 12.7. The maximum atomic E-state index is 12.1. The monoisotopic (exact) mass is 280 g/mol. The highest BCUT2D eigenvalue weighted by Crippen LogP contribution is 2.30. The van der Waals surface area contributed by atoms with Gasteiger partial charge in [-0.15, -0.1) is 0 Å². The van der Waals surface area contributed by atoms with E-state index in [4.69, 9.17) is 15.2 Å². The molecule has 1 amide bonds. The summed E-state index contributed by atoms with van der Waals surface area (Å²) in [7, 11) is 1.56. The number of nitrogens with two attached hydrogens (primary N) is 1. The van der Waals surface area contributed by atoms with Crippen molar-refractivity contribution in [1.29, 1.82) is 0 Å². The molecule has 0 aliphatic heterocycles. The molecule has 0 saturated heterocycles. The van der Waals surface area contributed by atoms with Crippen LogP contribution >= 0.6 is 0 Å². The second kappa shape index (κ2) is 7.14. The predicted molar refractivity (Wildman–Crippen MR) is 80.3 cm³/mol. The molecule has 5 nitrogen and oxygen atoms in total. The third kappa shape index (κ3) is 4.13. The van der Waals surface area contributed by atoms with Gasteiger partial charge in [0, 0.05) is 11.8 Å². The van der Waals surface area contributed by atoms with Crippen molar-refractivity contribution in [1.82, 2.24) is 0 Å². The fourth-order valence-corrected chi connectivity index (χ4v) is 1.93. The Balaban J connectivity index is 2.85. The average Bonchev–Trinajstić information content (AvgIpc) is 2.40. The third-order valence-corrected chi connectivity index (χ3v) is 3.01. The average molecular weight is 280 g/mol. The second-order valence-electron chi connectivity index (χ2n) is 4.92. The summed E-state index contributed by atoms with van der Waals surface area (Å²) in [6.45, 7) is 6.19. The molecule has 3 N–H and O–H groups in total. The summed E-state index contributed by atoms with van der Waals surface area (Å²) >= 11 is 0. The number of hydrogen-bond donors (Lipinski definition) is 2. The minimum absolute atomic E-state index is 0.203. The van der Waals surface area contributed by atoms with Gasteiger partial charge in [-0.05, 0) is 32.4 Å². The van der Waals surface area contributed by atoms with E-state index in [1.807, 2.05) is 13.8 Å². The minimum atomic E-state index is -0.874. The number of methoxy groups -OCH3 is 1. The molecule has 0 heterocycles. The van der Waals surface area contributed by atoms with Crippen LogP contribution in [0.1, 0.15) is 33.6 Å². The Morgan fingerprint density at radius 1 is 1.35 bits per heavy atom. The fraction of sp³-hybridized carbons (Fsp3) is 0.533. The summed E-state index contributed by atoms with van der Waals surface area (Å²) in [5.74, 6) is 1.03. The SMILES string of the molecule is CCCC(C)(N)C(=O)Nc1ccc(OCC)c(OC)c1. The van der Waals surface area contributed by atoms with Crippen LogP contribution in [0.3, 0.4) is 0 Å². The minimum Gasteiger partial charge on any atom is -0.493 e. The molecule has 0 aromatic heterocycles. The molecule has 5 heteroatoms.